The van der Waals surface area contributed by atoms with Gasteiger partial charge in [0.25, 0.3) is 0 Å². The van der Waals surface area contributed by atoms with Crippen LogP contribution in [0.5, 0.6) is 0 Å². The summed E-state index contributed by atoms with van der Waals surface area (Å²) in [4.78, 5) is 19.0. The zero-order valence-corrected chi connectivity index (χ0v) is 10.5. The summed E-state index contributed by atoms with van der Waals surface area (Å²) in [6, 6.07) is 0. The summed E-state index contributed by atoms with van der Waals surface area (Å²) in [5.74, 6) is 0.775. The Morgan fingerprint density at radius 2 is 2.44 bits per heavy atom. The molecule has 0 atom stereocenters. The van der Waals surface area contributed by atoms with Crippen LogP contribution in [-0.2, 0) is 11.3 Å². The Balaban J connectivity index is 1.84. The van der Waals surface area contributed by atoms with Crippen LogP contribution < -0.4 is 5.32 Å². The topological polar surface area (TPSA) is 45.2 Å². The van der Waals surface area contributed by atoms with Crippen LogP contribution in [0.1, 0.15) is 17.0 Å². The Morgan fingerprint density at radius 3 is 2.94 bits per heavy atom. The van der Waals surface area contributed by atoms with Crippen molar-refractivity contribution in [2.75, 3.05) is 20.1 Å². The van der Waals surface area contributed by atoms with E-state index in [9.17, 15) is 4.79 Å². The number of aryl methyl sites for hydroxylation is 1. The summed E-state index contributed by atoms with van der Waals surface area (Å²) in [6.45, 7) is 4.65. The van der Waals surface area contributed by atoms with Crippen LogP contribution in [0.2, 0.25) is 0 Å². The molecule has 4 nitrogen and oxygen atoms in total. The molecule has 0 bridgehead atoms. The molecule has 0 aliphatic carbocycles. The van der Waals surface area contributed by atoms with Gasteiger partial charge in [-0.25, -0.2) is 4.98 Å². The smallest absolute Gasteiger partial charge is 0.223 e. The van der Waals surface area contributed by atoms with Crippen LogP contribution in [-0.4, -0.2) is 35.9 Å². The summed E-state index contributed by atoms with van der Waals surface area (Å²) in [6.07, 6.45) is 0.668. The van der Waals surface area contributed by atoms with Crippen molar-refractivity contribution in [3.05, 3.63) is 16.1 Å². The summed E-state index contributed by atoms with van der Waals surface area (Å²) >= 11 is 1.62. The average molecular weight is 239 g/mol. The number of aromatic nitrogens is 1. The second kappa shape index (κ2) is 4.93. The number of nitrogens with zero attached hydrogens (tertiary/aromatic N) is 2. The number of amides is 1. The highest BCUT2D eigenvalue weighted by Gasteiger charge is 2.22. The van der Waals surface area contributed by atoms with Gasteiger partial charge in [0.15, 0.2) is 0 Å². The van der Waals surface area contributed by atoms with Crippen molar-refractivity contribution in [2.24, 2.45) is 5.92 Å². The molecule has 5 heteroatoms. The Kier molecular flexibility index (Phi) is 3.56. The van der Waals surface area contributed by atoms with E-state index in [0.29, 0.717) is 18.9 Å². The van der Waals surface area contributed by atoms with Crippen molar-refractivity contribution in [1.82, 2.24) is 15.2 Å². The van der Waals surface area contributed by atoms with Crippen LogP contribution in [0.4, 0.5) is 0 Å². The third-order valence-electron chi connectivity index (χ3n) is 2.98. The van der Waals surface area contributed by atoms with Crippen molar-refractivity contribution in [3.63, 3.8) is 0 Å². The number of nitrogens with one attached hydrogen (secondary N) is 1. The van der Waals surface area contributed by atoms with E-state index in [1.165, 1.54) is 4.88 Å². The predicted octanol–water partition coefficient (Wildman–Crippen LogP) is 1.02. The van der Waals surface area contributed by atoms with Gasteiger partial charge in [-0.3, -0.25) is 4.79 Å². The molecule has 1 aliphatic heterocycles. The number of carbonyl (C=O) groups excluding carboxylic acids is 1. The normalized spacial score (nSPS) is 15.9. The molecule has 0 aromatic carbocycles. The predicted molar refractivity (Wildman–Crippen MR) is 64.3 cm³/mol. The Morgan fingerprint density at radius 1 is 1.69 bits per heavy atom. The minimum Gasteiger partial charge on any atom is -0.341 e. The molecule has 88 valence electrons. The molecule has 2 rings (SSSR count). The molecular weight excluding hydrogens is 222 g/mol. The van der Waals surface area contributed by atoms with Gasteiger partial charge < -0.3 is 10.2 Å². The highest BCUT2D eigenvalue weighted by molar-refractivity contribution is 7.09. The first kappa shape index (κ1) is 11.5. The molecule has 1 aliphatic rings. The molecule has 1 N–H and O–H groups in total. The fourth-order valence-electron chi connectivity index (χ4n) is 1.68. The lowest BCUT2D eigenvalue weighted by molar-refractivity contribution is -0.131. The number of carbonyl (C=O) groups is 1. The molecule has 1 aromatic heterocycles. The molecule has 16 heavy (non-hydrogen) atoms. The molecule has 0 spiro atoms. The standard InChI is InChI=1S/C11H17N3OS/c1-8-10(16-7-13-8)6-14(2)11(15)3-9-4-12-5-9/h7,9,12H,3-6H2,1-2H3. The van der Waals surface area contributed by atoms with E-state index >= 15 is 0 Å². The van der Waals surface area contributed by atoms with Gasteiger partial charge in [0, 0.05) is 18.3 Å². The zero-order valence-electron chi connectivity index (χ0n) is 9.69. The van der Waals surface area contributed by atoms with Gasteiger partial charge in [-0.1, -0.05) is 0 Å². The summed E-state index contributed by atoms with van der Waals surface area (Å²) in [5, 5.41) is 3.18. The van der Waals surface area contributed by atoms with Crippen molar-refractivity contribution in [2.45, 2.75) is 19.9 Å². The largest absolute Gasteiger partial charge is 0.341 e. The lowest BCUT2D eigenvalue weighted by Gasteiger charge is -2.28. The van der Waals surface area contributed by atoms with Crippen molar-refractivity contribution >= 4 is 17.2 Å². The van der Waals surface area contributed by atoms with E-state index < -0.39 is 0 Å². The molecule has 1 saturated heterocycles. The van der Waals surface area contributed by atoms with Gasteiger partial charge in [0.05, 0.1) is 17.7 Å². The first-order valence-electron chi connectivity index (χ1n) is 5.50. The van der Waals surface area contributed by atoms with E-state index in [1.54, 1.807) is 16.2 Å². The molecule has 0 radical (unpaired) electrons. The summed E-state index contributed by atoms with van der Waals surface area (Å²) in [5.41, 5.74) is 2.87. The number of hydrogen-bond donors (Lipinski definition) is 1. The Hall–Kier alpha value is -0.940. The van der Waals surface area contributed by atoms with E-state index in [-0.39, 0.29) is 5.91 Å². The number of hydrogen-bond acceptors (Lipinski definition) is 4. The molecule has 0 saturated carbocycles. The Bertz CT molecular complexity index is 373. The first-order chi connectivity index (χ1) is 7.66. The van der Waals surface area contributed by atoms with Gasteiger partial charge in [-0.15, -0.1) is 11.3 Å². The maximum atomic E-state index is 11.9. The minimum atomic E-state index is 0.235. The van der Waals surface area contributed by atoms with E-state index in [1.807, 2.05) is 19.5 Å². The molecular formula is C11H17N3OS. The monoisotopic (exact) mass is 239 g/mol. The van der Waals surface area contributed by atoms with Crippen LogP contribution in [0.25, 0.3) is 0 Å². The summed E-state index contributed by atoms with van der Waals surface area (Å²) < 4.78 is 0. The van der Waals surface area contributed by atoms with E-state index in [4.69, 9.17) is 0 Å². The SMILES string of the molecule is Cc1ncsc1CN(C)C(=O)CC1CNC1. The second-order valence-electron chi connectivity index (χ2n) is 4.34. The van der Waals surface area contributed by atoms with Gasteiger partial charge >= 0.3 is 0 Å². The van der Waals surface area contributed by atoms with Gasteiger partial charge in [-0.05, 0) is 25.9 Å². The van der Waals surface area contributed by atoms with Crippen molar-refractivity contribution in [3.8, 4) is 0 Å². The molecule has 1 amide bonds. The number of rotatable bonds is 4. The number of thiazole rings is 1. The van der Waals surface area contributed by atoms with Crippen LogP contribution in [0, 0.1) is 12.8 Å². The molecule has 1 fully saturated rings. The fourth-order valence-corrected chi connectivity index (χ4v) is 2.51. The van der Waals surface area contributed by atoms with E-state index in [2.05, 4.69) is 10.3 Å². The lowest BCUT2D eigenvalue weighted by atomic mass is 9.99. The molecule has 2 heterocycles. The zero-order chi connectivity index (χ0) is 11.5. The maximum Gasteiger partial charge on any atom is 0.223 e. The quantitative estimate of drug-likeness (QED) is 0.853. The molecule has 1 aromatic rings. The average Bonchev–Trinajstić information content (AvgIpc) is 2.58. The lowest BCUT2D eigenvalue weighted by Crippen LogP contribution is -2.44. The van der Waals surface area contributed by atoms with Crippen molar-refractivity contribution in [1.29, 1.82) is 0 Å². The van der Waals surface area contributed by atoms with Crippen LogP contribution >= 0.6 is 11.3 Å². The molecule has 0 unspecified atom stereocenters. The third-order valence-corrected chi connectivity index (χ3v) is 3.90. The van der Waals surface area contributed by atoms with Crippen molar-refractivity contribution < 1.29 is 4.79 Å². The fraction of sp³-hybridized carbons (Fsp3) is 0.636. The van der Waals surface area contributed by atoms with Gasteiger partial charge in [-0.2, -0.15) is 0 Å². The Labute approximate surface area is 99.7 Å². The third kappa shape index (κ3) is 2.59. The maximum absolute atomic E-state index is 11.9. The minimum absolute atomic E-state index is 0.235. The van der Waals surface area contributed by atoms with Gasteiger partial charge in [0.2, 0.25) is 5.91 Å². The van der Waals surface area contributed by atoms with Crippen LogP contribution in [0.3, 0.4) is 0 Å². The van der Waals surface area contributed by atoms with Gasteiger partial charge in [0.1, 0.15) is 0 Å². The second-order valence-corrected chi connectivity index (χ2v) is 5.28. The summed E-state index contributed by atoms with van der Waals surface area (Å²) in [7, 11) is 1.87. The van der Waals surface area contributed by atoms with E-state index in [0.717, 1.165) is 18.8 Å². The highest BCUT2D eigenvalue weighted by Crippen LogP contribution is 2.16. The highest BCUT2D eigenvalue weighted by atomic mass is 32.1. The van der Waals surface area contributed by atoms with Crippen LogP contribution in [0.15, 0.2) is 5.51 Å². The first-order valence-corrected chi connectivity index (χ1v) is 6.38.